The van der Waals surface area contributed by atoms with E-state index in [-0.39, 0.29) is 18.3 Å². The number of H-pyrrole nitrogens is 1. The molecule has 0 spiro atoms. The van der Waals surface area contributed by atoms with Gasteiger partial charge in [-0.05, 0) is 51.6 Å². The molecule has 1 fully saturated rings. The Morgan fingerprint density at radius 2 is 1.95 bits per heavy atom. The molecule has 1 aliphatic rings. The number of para-hydroxylation sites is 1. The van der Waals surface area contributed by atoms with Crippen molar-refractivity contribution in [3.8, 4) is 5.75 Å². The molecule has 1 aliphatic heterocycles. The van der Waals surface area contributed by atoms with Gasteiger partial charge in [-0.25, -0.2) is 9.88 Å². The van der Waals surface area contributed by atoms with Crippen molar-refractivity contribution in [1.29, 1.82) is 0 Å². The Morgan fingerprint density at radius 3 is 2.57 bits per heavy atom. The smallest absolute Gasteiger partial charge is 0.330 e. The van der Waals surface area contributed by atoms with Crippen molar-refractivity contribution < 1.29 is 28.4 Å². The Balaban J connectivity index is 1.82. The van der Waals surface area contributed by atoms with Gasteiger partial charge in [0.25, 0.3) is 5.56 Å². The molecule has 0 amide bonds. The molecule has 1 aromatic heterocycles. The number of hydrogen-bond acceptors (Lipinski definition) is 9. The minimum Gasteiger partial charge on any atom is -0.462 e. The zero-order chi connectivity index (χ0) is 27.5. The molecule has 0 saturated carbocycles. The summed E-state index contributed by atoms with van der Waals surface area (Å²) in [5.74, 6) is -0.178. The molecule has 2 heterocycles. The Labute approximate surface area is 228 Å². The predicted molar refractivity (Wildman–Crippen MR) is 142 cm³/mol. The third-order valence-corrected chi connectivity index (χ3v) is 8.53. The van der Waals surface area contributed by atoms with E-state index in [1.807, 2.05) is 0 Å². The van der Waals surface area contributed by atoms with Crippen LogP contribution in [0.4, 0.5) is 0 Å². The van der Waals surface area contributed by atoms with Crippen molar-refractivity contribution in [3.05, 3.63) is 62.9 Å². The van der Waals surface area contributed by atoms with Gasteiger partial charge in [0.15, 0.2) is 10.6 Å². The third kappa shape index (κ3) is 7.21. The first-order chi connectivity index (χ1) is 17.2. The lowest BCUT2D eigenvalue weighted by Crippen LogP contribution is -2.42. The lowest BCUT2D eigenvalue weighted by molar-refractivity contribution is -0.149. The zero-order valence-electron chi connectivity index (χ0n) is 20.4. The lowest BCUT2D eigenvalue weighted by atomic mass is 10.1. The highest BCUT2D eigenvalue weighted by Gasteiger charge is 2.56. The molecule has 5 atom stereocenters. The number of hydrogen-bond donors (Lipinski definition) is 3. The summed E-state index contributed by atoms with van der Waals surface area (Å²) in [7, 11) is 0. The molecule has 3 rings (SSSR count). The number of alkyl halides is 2. The van der Waals surface area contributed by atoms with Gasteiger partial charge in [-0.15, -0.1) is 0 Å². The van der Waals surface area contributed by atoms with Crippen LogP contribution in [-0.4, -0.2) is 55.9 Å². The van der Waals surface area contributed by atoms with E-state index in [1.54, 1.807) is 51.1 Å². The predicted octanol–water partition coefficient (Wildman–Crippen LogP) is 2.53. The highest BCUT2D eigenvalue weighted by molar-refractivity contribution is 8.09. The number of rotatable bonds is 10. The number of nitrogens with one attached hydrogen (secondary N) is 2. The average Bonchev–Trinajstić information content (AvgIpc) is 3.03. The second-order valence-corrected chi connectivity index (χ2v) is 13.2. The second kappa shape index (κ2) is 12.0. The van der Waals surface area contributed by atoms with Crippen molar-refractivity contribution in [2.24, 2.45) is 0 Å². The first-order valence-corrected chi connectivity index (χ1v) is 14.6. The van der Waals surface area contributed by atoms with Gasteiger partial charge in [-0.2, -0.15) is 0 Å². The number of carbonyl (C=O) groups is 1. The Kier molecular flexibility index (Phi) is 9.63. The van der Waals surface area contributed by atoms with Crippen molar-refractivity contribution in [1.82, 2.24) is 14.6 Å². The van der Waals surface area contributed by atoms with E-state index in [4.69, 9.17) is 53.5 Å². The topological polar surface area (TPSA) is 141 Å². The van der Waals surface area contributed by atoms with Crippen LogP contribution in [0, 0.1) is 6.92 Å². The summed E-state index contributed by atoms with van der Waals surface area (Å²) in [6, 6.07) is 7.69. The molecular formula is C22H28Cl2N3O8PS. The maximum absolute atomic E-state index is 12.4. The number of ether oxygens (including phenoxy) is 2. The van der Waals surface area contributed by atoms with Crippen LogP contribution >= 0.6 is 29.8 Å². The maximum atomic E-state index is 12.4. The van der Waals surface area contributed by atoms with E-state index in [1.165, 1.54) is 13.1 Å². The van der Waals surface area contributed by atoms with Crippen LogP contribution in [-0.2, 0) is 30.6 Å². The molecule has 1 saturated heterocycles. The molecular weight excluding hydrogens is 568 g/mol. The summed E-state index contributed by atoms with van der Waals surface area (Å²) in [4.78, 5) is 38.6. The number of aliphatic hydroxyl groups excluding tert-OH is 1. The SMILES string of the molecule is Cc1cn([C@@H]2O[C@H](COP(=S)(N[C@H](C)C(=O)OC(C)C)Oc3ccccc3)[C@@H](O)C2(Cl)Cl)c(=O)[nH]c1=O. The molecule has 0 bridgehead atoms. The molecule has 37 heavy (non-hydrogen) atoms. The molecule has 2 aromatic rings. The molecule has 3 N–H and O–H groups in total. The van der Waals surface area contributed by atoms with Gasteiger partial charge in [0.05, 0.1) is 12.7 Å². The summed E-state index contributed by atoms with van der Waals surface area (Å²) in [5, 5.41) is 13.7. The fourth-order valence-corrected chi connectivity index (χ4v) is 6.38. The summed E-state index contributed by atoms with van der Waals surface area (Å²) in [5.41, 5.74) is -1.19. The van der Waals surface area contributed by atoms with Crippen molar-refractivity contribution in [2.75, 3.05) is 6.61 Å². The molecule has 1 unspecified atom stereocenters. The number of aryl methyl sites for hydroxylation is 1. The van der Waals surface area contributed by atoms with Crippen molar-refractivity contribution >= 4 is 47.6 Å². The van der Waals surface area contributed by atoms with E-state index in [9.17, 15) is 19.5 Å². The monoisotopic (exact) mass is 595 g/mol. The molecule has 1 aromatic carbocycles. The highest BCUT2D eigenvalue weighted by Crippen LogP contribution is 2.49. The zero-order valence-corrected chi connectivity index (χ0v) is 23.6. The quantitative estimate of drug-likeness (QED) is 0.213. The van der Waals surface area contributed by atoms with Crippen LogP contribution in [0.3, 0.4) is 0 Å². The normalized spacial score (nSPS) is 23.4. The van der Waals surface area contributed by atoms with E-state index < -0.39 is 52.7 Å². The number of halogens is 2. The highest BCUT2D eigenvalue weighted by atomic mass is 35.5. The van der Waals surface area contributed by atoms with Crippen LogP contribution in [0.1, 0.15) is 32.6 Å². The number of aromatic amines is 1. The standard InChI is InChI=1S/C22H28Cl2N3O8PS/c1-12(2)33-19(30)14(4)26-36(37,35-15-8-6-5-7-9-15)32-11-16-17(28)22(23,24)20(34-16)27-10-13(3)18(29)25-21(27)31/h5-10,12,14,16-17,20,28H,11H2,1-4H3,(H,26,37)(H,25,29,31)/t14-,16-,17-,20-,36?/m1/s1. The molecule has 15 heteroatoms. The largest absolute Gasteiger partial charge is 0.462 e. The van der Waals surface area contributed by atoms with Gasteiger partial charge in [-0.1, -0.05) is 41.4 Å². The number of nitrogens with zero attached hydrogens (tertiary/aromatic N) is 1. The van der Waals surface area contributed by atoms with Crippen LogP contribution < -0.4 is 20.9 Å². The van der Waals surface area contributed by atoms with Crippen LogP contribution in [0.5, 0.6) is 5.75 Å². The third-order valence-electron chi connectivity index (χ3n) is 5.21. The van der Waals surface area contributed by atoms with Crippen LogP contribution in [0.15, 0.2) is 46.1 Å². The molecule has 11 nitrogen and oxygen atoms in total. The second-order valence-electron chi connectivity index (χ2n) is 8.66. The average molecular weight is 596 g/mol. The number of aromatic nitrogens is 2. The van der Waals surface area contributed by atoms with Crippen molar-refractivity contribution in [2.45, 2.75) is 62.6 Å². The minimum atomic E-state index is -3.44. The van der Waals surface area contributed by atoms with E-state index in [0.29, 0.717) is 5.75 Å². The lowest BCUT2D eigenvalue weighted by Gasteiger charge is -2.28. The summed E-state index contributed by atoms with van der Waals surface area (Å²) < 4.78 is 21.9. The minimum absolute atomic E-state index is 0.208. The maximum Gasteiger partial charge on any atom is 0.330 e. The summed E-state index contributed by atoms with van der Waals surface area (Å²) in [6.07, 6.45) is -3.15. The Morgan fingerprint density at radius 1 is 1.30 bits per heavy atom. The van der Waals surface area contributed by atoms with E-state index >= 15 is 0 Å². The number of aliphatic hydroxyl groups is 1. The van der Waals surface area contributed by atoms with Gasteiger partial charge in [0.1, 0.15) is 24.0 Å². The van der Waals surface area contributed by atoms with E-state index in [2.05, 4.69) is 10.1 Å². The number of benzene rings is 1. The summed E-state index contributed by atoms with van der Waals surface area (Å²) in [6.45, 7) is 2.66. The van der Waals surface area contributed by atoms with Gasteiger partial charge in [0.2, 0.25) is 0 Å². The Hall–Kier alpha value is -1.76. The molecule has 204 valence electrons. The molecule has 0 aliphatic carbocycles. The van der Waals surface area contributed by atoms with Gasteiger partial charge < -0.3 is 23.6 Å². The first-order valence-electron chi connectivity index (χ1n) is 11.2. The Bertz CT molecular complexity index is 1270. The fraction of sp³-hybridized carbons (Fsp3) is 0.500. The number of carbonyl (C=O) groups excluding carboxylic acids is 1. The van der Waals surface area contributed by atoms with Gasteiger partial charge in [0, 0.05) is 11.8 Å². The van der Waals surface area contributed by atoms with Gasteiger partial charge >= 0.3 is 18.3 Å². The van der Waals surface area contributed by atoms with Crippen molar-refractivity contribution in [3.63, 3.8) is 0 Å². The van der Waals surface area contributed by atoms with Crippen LogP contribution in [0.2, 0.25) is 0 Å². The van der Waals surface area contributed by atoms with E-state index in [0.717, 1.165) is 4.57 Å². The fourth-order valence-electron chi connectivity index (χ4n) is 3.37. The molecule has 0 radical (unpaired) electrons. The van der Waals surface area contributed by atoms with Gasteiger partial charge in [-0.3, -0.25) is 19.1 Å². The first kappa shape index (κ1) is 29.8. The summed E-state index contributed by atoms with van der Waals surface area (Å²) >= 11 is 18.4. The number of esters is 1. The van der Waals surface area contributed by atoms with Crippen LogP contribution in [0.25, 0.3) is 0 Å².